The molecule has 0 radical (unpaired) electrons. The van der Waals surface area contributed by atoms with Crippen molar-refractivity contribution in [2.75, 3.05) is 13.2 Å². The fourth-order valence-corrected chi connectivity index (χ4v) is 3.02. The van der Waals surface area contributed by atoms with E-state index in [1.165, 1.54) is 12.5 Å². The van der Waals surface area contributed by atoms with Crippen molar-refractivity contribution in [1.82, 2.24) is 5.32 Å². The Bertz CT molecular complexity index is 772. The van der Waals surface area contributed by atoms with Crippen LogP contribution in [0.25, 0.3) is 0 Å². The van der Waals surface area contributed by atoms with Gasteiger partial charge in [-0.3, -0.25) is 4.79 Å². The molecule has 4 heteroatoms. The van der Waals surface area contributed by atoms with E-state index in [1.807, 2.05) is 26.0 Å². The van der Waals surface area contributed by atoms with E-state index in [0.29, 0.717) is 19.8 Å². The van der Waals surface area contributed by atoms with E-state index in [-0.39, 0.29) is 5.91 Å². The number of amides is 1. The molecule has 146 valence electrons. The third kappa shape index (κ3) is 5.83. The smallest absolute Gasteiger partial charge is 0.216 e. The molecule has 1 amide bonds. The highest BCUT2D eigenvalue weighted by Crippen LogP contribution is 2.30. The number of carbonyl (C=O) groups is 1. The van der Waals surface area contributed by atoms with Gasteiger partial charge in [-0.25, -0.2) is 0 Å². The summed E-state index contributed by atoms with van der Waals surface area (Å²) in [7, 11) is 0. The van der Waals surface area contributed by atoms with E-state index in [0.717, 1.165) is 28.9 Å². The van der Waals surface area contributed by atoms with Crippen molar-refractivity contribution in [3.63, 3.8) is 0 Å². The summed E-state index contributed by atoms with van der Waals surface area (Å²) in [4.78, 5) is 11.5. The molecule has 2 aromatic rings. The molecule has 1 atom stereocenters. The van der Waals surface area contributed by atoms with Crippen molar-refractivity contribution >= 4 is 5.91 Å². The Balaban J connectivity index is 2.27. The van der Waals surface area contributed by atoms with Crippen LogP contribution in [0, 0.1) is 13.8 Å². The second-order valence-electron chi connectivity index (χ2n) is 7.20. The van der Waals surface area contributed by atoms with E-state index in [4.69, 9.17) is 9.47 Å². The first kappa shape index (κ1) is 21.0. The largest absolute Gasteiger partial charge is 0.489 e. The summed E-state index contributed by atoms with van der Waals surface area (Å²) in [6.07, 6.45) is 0.914. The summed E-state index contributed by atoms with van der Waals surface area (Å²) in [6, 6.07) is 14.3. The van der Waals surface area contributed by atoms with Crippen LogP contribution >= 0.6 is 0 Å². The van der Waals surface area contributed by atoms with Crippen LogP contribution in [0.2, 0.25) is 0 Å². The first-order chi connectivity index (χ1) is 12.9. The molecule has 4 nitrogen and oxygen atoms in total. The van der Waals surface area contributed by atoms with Gasteiger partial charge in [-0.05, 0) is 55.5 Å². The number of aryl methyl sites for hydroxylation is 2. The normalized spacial score (nSPS) is 13.1. The molecule has 0 saturated heterocycles. The van der Waals surface area contributed by atoms with Gasteiger partial charge in [-0.15, -0.1) is 0 Å². The fourth-order valence-electron chi connectivity index (χ4n) is 3.02. The van der Waals surface area contributed by atoms with Crippen molar-refractivity contribution in [2.45, 2.75) is 53.2 Å². The zero-order chi connectivity index (χ0) is 19.9. The lowest BCUT2D eigenvalue weighted by Gasteiger charge is -2.32. The molecule has 0 aromatic heterocycles. The third-order valence-corrected chi connectivity index (χ3v) is 4.61. The molecule has 0 heterocycles. The van der Waals surface area contributed by atoms with Gasteiger partial charge in [0, 0.05) is 13.5 Å². The minimum absolute atomic E-state index is 0.0644. The molecule has 0 spiro atoms. The van der Waals surface area contributed by atoms with Crippen molar-refractivity contribution in [2.24, 2.45) is 0 Å². The van der Waals surface area contributed by atoms with Gasteiger partial charge in [0.1, 0.15) is 18.0 Å². The van der Waals surface area contributed by atoms with Crippen LogP contribution in [0.15, 0.2) is 42.5 Å². The third-order valence-electron chi connectivity index (χ3n) is 4.61. The number of ether oxygens (including phenoxy) is 2. The Morgan fingerprint density at radius 3 is 2.59 bits per heavy atom. The van der Waals surface area contributed by atoms with Crippen LogP contribution in [0.1, 0.15) is 49.4 Å². The first-order valence-electron chi connectivity index (χ1n) is 9.52. The second kappa shape index (κ2) is 9.56. The van der Waals surface area contributed by atoms with Crippen LogP contribution in [-0.2, 0) is 21.7 Å². The van der Waals surface area contributed by atoms with Gasteiger partial charge < -0.3 is 14.8 Å². The predicted octanol–water partition coefficient (Wildman–Crippen LogP) is 4.66. The molecule has 0 bridgehead atoms. The summed E-state index contributed by atoms with van der Waals surface area (Å²) in [5.41, 5.74) is 3.77. The number of hydrogen-bond acceptors (Lipinski definition) is 3. The molecule has 0 saturated carbocycles. The summed E-state index contributed by atoms with van der Waals surface area (Å²) in [6.45, 7) is 11.2. The molecule has 0 aliphatic carbocycles. The molecule has 27 heavy (non-hydrogen) atoms. The second-order valence-corrected chi connectivity index (χ2v) is 7.20. The number of hydrogen-bond donors (Lipinski definition) is 1. The average molecular weight is 370 g/mol. The predicted molar refractivity (Wildman–Crippen MR) is 109 cm³/mol. The average Bonchev–Trinajstić information content (AvgIpc) is 2.65. The Morgan fingerprint density at radius 2 is 1.89 bits per heavy atom. The number of nitrogens with one attached hydrogen (secondary N) is 1. The van der Waals surface area contributed by atoms with Crippen molar-refractivity contribution in [3.05, 3.63) is 64.7 Å². The molecule has 0 aliphatic heterocycles. The lowest BCUT2D eigenvalue weighted by Crippen LogP contribution is -2.41. The topological polar surface area (TPSA) is 47.6 Å². The summed E-state index contributed by atoms with van der Waals surface area (Å²) < 4.78 is 12.3. The number of rotatable bonds is 9. The van der Waals surface area contributed by atoms with Crippen LogP contribution in [-0.4, -0.2) is 19.1 Å². The molecule has 2 rings (SSSR count). The molecule has 0 aliphatic rings. The van der Waals surface area contributed by atoms with E-state index in [9.17, 15) is 4.79 Å². The highest BCUT2D eigenvalue weighted by Gasteiger charge is 2.30. The van der Waals surface area contributed by atoms with Gasteiger partial charge in [0.15, 0.2) is 0 Å². The summed E-state index contributed by atoms with van der Waals surface area (Å²) >= 11 is 0. The van der Waals surface area contributed by atoms with E-state index in [2.05, 4.69) is 49.5 Å². The molecule has 2 aromatic carbocycles. The van der Waals surface area contributed by atoms with E-state index < -0.39 is 5.60 Å². The van der Waals surface area contributed by atoms with Gasteiger partial charge in [-0.2, -0.15) is 0 Å². The Morgan fingerprint density at radius 1 is 1.15 bits per heavy atom. The number of benzene rings is 2. The standard InChI is InChI=1S/C23H31NO3/c1-6-13-27-23(5,16-24-19(4)25)21-10-8-7-9-20(21)15-26-22-14-17(2)11-12-18(22)3/h7-12,14H,6,13,15-16H2,1-5H3,(H,24,25). The van der Waals surface area contributed by atoms with Gasteiger partial charge in [0.05, 0.1) is 6.54 Å². The highest BCUT2D eigenvalue weighted by atomic mass is 16.5. The molecular weight excluding hydrogens is 338 g/mol. The van der Waals surface area contributed by atoms with Gasteiger partial charge in [0.25, 0.3) is 0 Å². The maximum absolute atomic E-state index is 11.5. The maximum atomic E-state index is 11.5. The molecular formula is C23H31NO3. The van der Waals surface area contributed by atoms with Crippen LogP contribution in [0.3, 0.4) is 0 Å². The van der Waals surface area contributed by atoms with Crippen molar-refractivity contribution in [1.29, 1.82) is 0 Å². The molecule has 1 unspecified atom stereocenters. The molecule has 0 fully saturated rings. The SMILES string of the molecule is CCCOC(C)(CNC(C)=O)c1ccccc1COc1cc(C)ccc1C. The summed E-state index contributed by atoms with van der Waals surface area (Å²) in [5, 5.41) is 2.91. The first-order valence-corrected chi connectivity index (χ1v) is 9.52. The number of carbonyl (C=O) groups excluding carboxylic acids is 1. The zero-order valence-electron chi connectivity index (χ0n) is 17.1. The lowest BCUT2D eigenvalue weighted by atomic mass is 9.91. The summed E-state index contributed by atoms with van der Waals surface area (Å²) in [5.74, 6) is 0.827. The fraction of sp³-hybridized carbons (Fsp3) is 0.435. The Hall–Kier alpha value is -2.33. The van der Waals surface area contributed by atoms with Crippen molar-refractivity contribution in [3.8, 4) is 5.75 Å². The lowest BCUT2D eigenvalue weighted by molar-refractivity contribution is -0.121. The van der Waals surface area contributed by atoms with Crippen molar-refractivity contribution < 1.29 is 14.3 Å². The monoisotopic (exact) mass is 369 g/mol. The minimum atomic E-state index is -0.608. The zero-order valence-corrected chi connectivity index (χ0v) is 17.1. The van der Waals surface area contributed by atoms with Gasteiger partial charge in [-0.1, -0.05) is 43.3 Å². The van der Waals surface area contributed by atoms with Gasteiger partial charge in [0.2, 0.25) is 5.91 Å². The van der Waals surface area contributed by atoms with E-state index in [1.54, 1.807) is 0 Å². The van der Waals surface area contributed by atoms with Crippen LogP contribution in [0.5, 0.6) is 5.75 Å². The van der Waals surface area contributed by atoms with E-state index >= 15 is 0 Å². The highest BCUT2D eigenvalue weighted by molar-refractivity contribution is 5.72. The molecule has 1 N–H and O–H groups in total. The van der Waals surface area contributed by atoms with Crippen LogP contribution in [0.4, 0.5) is 0 Å². The Kier molecular flexibility index (Phi) is 7.43. The Labute approximate surface area is 162 Å². The minimum Gasteiger partial charge on any atom is -0.489 e. The van der Waals surface area contributed by atoms with Crippen LogP contribution < -0.4 is 10.1 Å². The van der Waals surface area contributed by atoms with Gasteiger partial charge >= 0.3 is 0 Å². The maximum Gasteiger partial charge on any atom is 0.216 e. The quantitative estimate of drug-likeness (QED) is 0.699.